The van der Waals surface area contributed by atoms with E-state index in [1.54, 1.807) is 0 Å². The molecular formula is C23H31N5O2. The van der Waals surface area contributed by atoms with E-state index in [1.165, 1.54) is 0 Å². The van der Waals surface area contributed by atoms with Crippen LogP contribution in [0.15, 0.2) is 16.5 Å². The Labute approximate surface area is 177 Å². The first-order valence-electron chi connectivity index (χ1n) is 10.9. The second-order valence-electron chi connectivity index (χ2n) is 8.36. The van der Waals surface area contributed by atoms with Crippen molar-refractivity contribution < 1.29 is 9.52 Å². The highest BCUT2D eigenvalue weighted by atomic mass is 16.3. The molecule has 160 valence electrons. The van der Waals surface area contributed by atoms with Gasteiger partial charge in [0.2, 0.25) is 5.95 Å². The van der Waals surface area contributed by atoms with E-state index in [9.17, 15) is 5.11 Å². The second-order valence-corrected chi connectivity index (χ2v) is 8.36. The molecule has 2 atom stereocenters. The largest absolute Gasteiger partial charge is 0.454 e. The number of aliphatic hydroxyl groups is 1. The molecule has 1 saturated carbocycles. The number of furan rings is 1. The Morgan fingerprint density at radius 1 is 1.10 bits per heavy atom. The molecule has 0 spiro atoms. The molecule has 0 amide bonds. The Balaban J connectivity index is 1.76. The molecule has 7 nitrogen and oxygen atoms in total. The Hall–Kier alpha value is -2.67. The van der Waals surface area contributed by atoms with E-state index in [1.807, 2.05) is 26.8 Å². The highest BCUT2D eigenvalue weighted by Gasteiger charge is 2.27. The molecule has 0 aliphatic heterocycles. The van der Waals surface area contributed by atoms with Crippen molar-refractivity contribution in [2.75, 3.05) is 23.8 Å². The lowest BCUT2D eigenvalue weighted by Crippen LogP contribution is -2.19. The summed E-state index contributed by atoms with van der Waals surface area (Å²) in [6.45, 7) is 9.14. The maximum atomic E-state index is 9.51. The number of fused-ring (bicyclic) bond motifs is 1. The summed E-state index contributed by atoms with van der Waals surface area (Å²) < 4.78 is 6.25. The van der Waals surface area contributed by atoms with Gasteiger partial charge in [-0.1, -0.05) is 6.92 Å². The normalized spacial score (nSPS) is 18.8. The van der Waals surface area contributed by atoms with E-state index in [0.29, 0.717) is 11.9 Å². The maximum Gasteiger partial charge on any atom is 0.224 e. The van der Waals surface area contributed by atoms with Crippen LogP contribution in [0, 0.1) is 26.7 Å². The minimum Gasteiger partial charge on any atom is -0.454 e. The van der Waals surface area contributed by atoms with Crippen LogP contribution in [0.3, 0.4) is 0 Å². The number of aryl methyl sites for hydroxylation is 3. The number of pyridine rings is 1. The van der Waals surface area contributed by atoms with Gasteiger partial charge in [0.05, 0.1) is 17.0 Å². The molecule has 0 saturated heterocycles. The topological polar surface area (TPSA) is 96.1 Å². The van der Waals surface area contributed by atoms with Crippen LogP contribution in [0.5, 0.6) is 0 Å². The van der Waals surface area contributed by atoms with Crippen molar-refractivity contribution in [3.8, 4) is 11.3 Å². The second kappa shape index (κ2) is 8.60. The lowest BCUT2D eigenvalue weighted by molar-refractivity contribution is 0.229. The molecule has 1 fully saturated rings. The van der Waals surface area contributed by atoms with Gasteiger partial charge in [0.15, 0.2) is 5.58 Å². The zero-order valence-corrected chi connectivity index (χ0v) is 18.2. The van der Waals surface area contributed by atoms with Gasteiger partial charge in [-0.15, -0.1) is 0 Å². The first kappa shape index (κ1) is 20.6. The van der Waals surface area contributed by atoms with Crippen LogP contribution < -0.4 is 10.6 Å². The SMILES string of the molecule is CCCNc1nc(C)c(-c2cc3cc(C)nc(C)c3o2)c(N[C@H]2CCC(CO)C2)n1. The third-order valence-electron chi connectivity index (χ3n) is 5.81. The van der Waals surface area contributed by atoms with Crippen molar-refractivity contribution >= 4 is 22.7 Å². The molecule has 0 radical (unpaired) electrons. The van der Waals surface area contributed by atoms with Gasteiger partial charge in [-0.25, -0.2) is 4.98 Å². The predicted molar refractivity (Wildman–Crippen MR) is 120 cm³/mol. The molecule has 1 unspecified atom stereocenters. The maximum absolute atomic E-state index is 9.51. The van der Waals surface area contributed by atoms with E-state index < -0.39 is 0 Å². The monoisotopic (exact) mass is 409 g/mol. The van der Waals surface area contributed by atoms with Gasteiger partial charge < -0.3 is 20.2 Å². The number of aliphatic hydroxyl groups excluding tert-OH is 1. The number of hydrogen-bond donors (Lipinski definition) is 3. The Bertz CT molecular complexity index is 1050. The molecule has 4 rings (SSSR count). The van der Waals surface area contributed by atoms with Crippen LogP contribution in [0.2, 0.25) is 0 Å². The molecule has 3 aromatic rings. The van der Waals surface area contributed by atoms with E-state index in [2.05, 4.69) is 33.6 Å². The number of hydrogen-bond acceptors (Lipinski definition) is 7. The Kier molecular flexibility index (Phi) is 5.90. The fourth-order valence-electron chi connectivity index (χ4n) is 4.34. The molecule has 3 N–H and O–H groups in total. The van der Waals surface area contributed by atoms with Crippen LogP contribution in [-0.4, -0.2) is 39.3 Å². The minimum atomic E-state index is 0.242. The summed E-state index contributed by atoms with van der Waals surface area (Å²) in [5.41, 5.74) is 4.41. The molecule has 30 heavy (non-hydrogen) atoms. The zero-order valence-electron chi connectivity index (χ0n) is 18.2. The van der Waals surface area contributed by atoms with Crippen molar-refractivity contribution in [1.82, 2.24) is 15.0 Å². The minimum absolute atomic E-state index is 0.242. The van der Waals surface area contributed by atoms with Gasteiger partial charge in [-0.2, -0.15) is 4.98 Å². The smallest absolute Gasteiger partial charge is 0.224 e. The summed E-state index contributed by atoms with van der Waals surface area (Å²) in [5, 5.41) is 17.5. The van der Waals surface area contributed by atoms with Crippen LogP contribution >= 0.6 is 0 Å². The molecule has 3 heterocycles. The lowest BCUT2D eigenvalue weighted by Gasteiger charge is -2.18. The van der Waals surface area contributed by atoms with Crippen LogP contribution in [0.25, 0.3) is 22.3 Å². The van der Waals surface area contributed by atoms with Crippen molar-refractivity contribution in [1.29, 1.82) is 0 Å². The standard InChI is InChI=1S/C23H31N5O2/c1-5-8-24-23-26-14(3)20(22(28-23)27-18-7-6-16(10-18)12-29)19-11-17-9-13(2)25-15(4)21(17)30-19/h9,11,16,18,29H,5-8,10,12H2,1-4H3,(H2,24,26,27,28)/t16?,18-/m0/s1. The van der Waals surface area contributed by atoms with Gasteiger partial charge in [0.1, 0.15) is 11.6 Å². The van der Waals surface area contributed by atoms with Gasteiger partial charge in [-0.3, -0.25) is 4.98 Å². The summed E-state index contributed by atoms with van der Waals surface area (Å²) in [4.78, 5) is 14.0. The summed E-state index contributed by atoms with van der Waals surface area (Å²) in [7, 11) is 0. The van der Waals surface area contributed by atoms with Gasteiger partial charge >= 0.3 is 0 Å². The van der Waals surface area contributed by atoms with E-state index in [4.69, 9.17) is 9.40 Å². The fraction of sp³-hybridized carbons (Fsp3) is 0.522. The number of nitrogens with one attached hydrogen (secondary N) is 2. The van der Waals surface area contributed by atoms with Gasteiger partial charge in [0, 0.05) is 30.3 Å². The lowest BCUT2D eigenvalue weighted by atomic mass is 10.1. The summed E-state index contributed by atoms with van der Waals surface area (Å²) in [6, 6.07) is 4.38. The van der Waals surface area contributed by atoms with E-state index in [-0.39, 0.29) is 12.6 Å². The molecule has 1 aliphatic rings. The van der Waals surface area contributed by atoms with Crippen LogP contribution in [0.1, 0.15) is 49.7 Å². The third-order valence-corrected chi connectivity index (χ3v) is 5.81. The third kappa shape index (κ3) is 4.12. The number of nitrogens with zero attached hydrogens (tertiary/aromatic N) is 3. The van der Waals surface area contributed by atoms with E-state index in [0.717, 1.165) is 77.4 Å². The van der Waals surface area contributed by atoms with Crippen molar-refractivity contribution in [3.05, 3.63) is 29.2 Å². The number of aromatic nitrogens is 3. The van der Waals surface area contributed by atoms with Crippen LogP contribution in [0.4, 0.5) is 11.8 Å². The summed E-state index contributed by atoms with van der Waals surface area (Å²) >= 11 is 0. The van der Waals surface area contributed by atoms with Crippen molar-refractivity contribution in [3.63, 3.8) is 0 Å². The molecule has 0 bridgehead atoms. The highest BCUT2D eigenvalue weighted by Crippen LogP contribution is 2.37. The fourth-order valence-corrected chi connectivity index (χ4v) is 4.34. The van der Waals surface area contributed by atoms with Gasteiger partial charge in [0.25, 0.3) is 0 Å². The highest BCUT2D eigenvalue weighted by molar-refractivity contribution is 5.87. The van der Waals surface area contributed by atoms with Crippen molar-refractivity contribution in [2.24, 2.45) is 5.92 Å². The first-order chi connectivity index (χ1) is 14.5. The molecule has 3 aromatic heterocycles. The number of anilines is 2. The molecular weight excluding hydrogens is 378 g/mol. The Morgan fingerprint density at radius 3 is 2.67 bits per heavy atom. The van der Waals surface area contributed by atoms with Crippen LogP contribution in [-0.2, 0) is 0 Å². The summed E-state index contributed by atoms with van der Waals surface area (Å²) in [5.74, 6) is 2.52. The summed E-state index contributed by atoms with van der Waals surface area (Å²) in [6.07, 6.45) is 4.00. The quantitative estimate of drug-likeness (QED) is 0.524. The Morgan fingerprint density at radius 2 is 1.93 bits per heavy atom. The predicted octanol–water partition coefficient (Wildman–Crippen LogP) is 4.60. The van der Waals surface area contributed by atoms with Gasteiger partial charge in [-0.05, 0) is 64.5 Å². The zero-order chi connectivity index (χ0) is 21.3. The first-order valence-corrected chi connectivity index (χ1v) is 10.9. The van der Waals surface area contributed by atoms with Crippen molar-refractivity contribution in [2.45, 2.75) is 59.4 Å². The average molecular weight is 410 g/mol. The average Bonchev–Trinajstić information content (AvgIpc) is 3.33. The molecule has 7 heteroatoms. The van der Waals surface area contributed by atoms with E-state index >= 15 is 0 Å². The number of rotatable bonds is 7. The molecule has 0 aromatic carbocycles. The molecule has 1 aliphatic carbocycles.